The van der Waals surface area contributed by atoms with Gasteiger partial charge in [0.25, 0.3) is 17.5 Å². The van der Waals surface area contributed by atoms with Gasteiger partial charge in [0.15, 0.2) is 6.61 Å². The average molecular weight is 510 g/mol. The van der Waals surface area contributed by atoms with Gasteiger partial charge in [0, 0.05) is 27.9 Å². The van der Waals surface area contributed by atoms with E-state index in [9.17, 15) is 24.5 Å². The van der Waals surface area contributed by atoms with E-state index in [0.717, 1.165) is 10.5 Å². The number of esters is 1. The van der Waals surface area contributed by atoms with Crippen LogP contribution in [-0.4, -0.2) is 47.4 Å². The van der Waals surface area contributed by atoms with E-state index in [1.165, 1.54) is 30.0 Å². The molecule has 0 aliphatic carbocycles. The van der Waals surface area contributed by atoms with Crippen LogP contribution in [0.4, 0.5) is 11.4 Å². The summed E-state index contributed by atoms with van der Waals surface area (Å²) in [6.45, 7) is -0.520. The summed E-state index contributed by atoms with van der Waals surface area (Å²) >= 11 is 4.77. The number of non-ortho nitro benzene ring substituents is 1. The number of hydrogen-bond donors (Lipinski definition) is 2. The first-order chi connectivity index (χ1) is 14.8. The lowest BCUT2D eigenvalue weighted by molar-refractivity contribution is -0.384. The molecule has 0 radical (unpaired) electrons. The minimum absolute atomic E-state index is 0.0450. The Labute approximate surface area is 191 Å². The molecule has 0 aliphatic rings. The van der Waals surface area contributed by atoms with Crippen molar-refractivity contribution in [3.63, 3.8) is 0 Å². The first-order valence-electron chi connectivity index (χ1n) is 9.06. The van der Waals surface area contributed by atoms with Crippen LogP contribution in [0.3, 0.4) is 0 Å². The van der Waals surface area contributed by atoms with E-state index >= 15 is 0 Å². The van der Waals surface area contributed by atoms with E-state index in [1.807, 2.05) is 6.26 Å². The molecule has 11 heteroatoms. The van der Waals surface area contributed by atoms with Gasteiger partial charge in [-0.15, -0.1) is 0 Å². The lowest BCUT2D eigenvalue weighted by atomic mass is 10.1. The maximum Gasteiger partial charge on any atom is 0.329 e. The zero-order chi connectivity index (χ0) is 22.8. The van der Waals surface area contributed by atoms with Crippen molar-refractivity contribution >= 4 is 56.9 Å². The molecule has 2 aromatic carbocycles. The summed E-state index contributed by atoms with van der Waals surface area (Å²) in [5, 5.41) is 16.0. The SMILES string of the molecule is CSCC[C@H](NC(=O)c1cccc([N+](=O)[O-])c1)C(=O)OCC(=O)Nc1cccc(Br)c1. The smallest absolute Gasteiger partial charge is 0.329 e. The lowest BCUT2D eigenvalue weighted by Crippen LogP contribution is -2.43. The third-order valence-corrected chi connectivity index (χ3v) is 5.11. The van der Waals surface area contributed by atoms with Gasteiger partial charge >= 0.3 is 5.97 Å². The molecular formula is C20H20BrN3O6S. The Bertz CT molecular complexity index is 971. The van der Waals surface area contributed by atoms with Crippen LogP contribution >= 0.6 is 27.7 Å². The van der Waals surface area contributed by atoms with Gasteiger partial charge < -0.3 is 15.4 Å². The molecule has 31 heavy (non-hydrogen) atoms. The van der Waals surface area contributed by atoms with Gasteiger partial charge in [-0.1, -0.05) is 28.1 Å². The fourth-order valence-corrected chi connectivity index (χ4v) is 3.36. The molecule has 0 spiro atoms. The number of nitrogens with zero attached hydrogens (tertiary/aromatic N) is 1. The Morgan fingerprint density at radius 3 is 2.61 bits per heavy atom. The summed E-state index contributed by atoms with van der Waals surface area (Å²) < 4.78 is 5.85. The van der Waals surface area contributed by atoms with E-state index in [-0.39, 0.29) is 17.7 Å². The van der Waals surface area contributed by atoms with Gasteiger partial charge in [-0.25, -0.2) is 4.79 Å². The highest BCUT2D eigenvalue weighted by atomic mass is 79.9. The molecule has 0 unspecified atom stereocenters. The second-order valence-corrected chi connectivity index (χ2v) is 8.18. The van der Waals surface area contributed by atoms with Gasteiger partial charge in [0.05, 0.1) is 4.92 Å². The third-order valence-electron chi connectivity index (χ3n) is 3.97. The highest BCUT2D eigenvalue weighted by Crippen LogP contribution is 2.16. The topological polar surface area (TPSA) is 128 Å². The molecule has 0 saturated carbocycles. The van der Waals surface area contributed by atoms with Crippen molar-refractivity contribution in [1.82, 2.24) is 5.32 Å². The lowest BCUT2D eigenvalue weighted by Gasteiger charge is -2.17. The summed E-state index contributed by atoms with van der Waals surface area (Å²) in [4.78, 5) is 47.3. The standard InChI is InChI=1S/C20H20BrN3O6S/c1-31-9-8-17(23-19(26)13-4-2-7-16(10-13)24(28)29)20(27)30-12-18(25)22-15-6-3-5-14(21)11-15/h2-7,10-11,17H,8-9,12H2,1H3,(H,22,25)(H,23,26)/t17-/m0/s1. The molecule has 2 amide bonds. The molecule has 2 aromatic rings. The van der Waals surface area contributed by atoms with E-state index in [1.54, 1.807) is 24.3 Å². The van der Waals surface area contributed by atoms with E-state index < -0.39 is 35.4 Å². The van der Waals surface area contributed by atoms with E-state index in [2.05, 4.69) is 26.6 Å². The van der Waals surface area contributed by atoms with Crippen LogP contribution in [0.1, 0.15) is 16.8 Å². The summed E-state index contributed by atoms with van der Waals surface area (Å²) in [5.74, 6) is -1.39. The van der Waals surface area contributed by atoms with Crippen molar-refractivity contribution in [2.24, 2.45) is 0 Å². The Kier molecular flexibility index (Phi) is 9.47. The Hall–Kier alpha value is -2.92. The molecule has 1 atom stereocenters. The number of carbonyl (C=O) groups excluding carboxylic acids is 3. The van der Waals surface area contributed by atoms with Gasteiger partial charge in [0.2, 0.25) is 0 Å². The van der Waals surface area contributed by atoms with Gasteiger partial charge in [-0.05, 0) is 42.7 Å². The maximum absolute atomic E-state index is 12.5. The highest BCUT2D eigenvalue weighted by Gasteiger charge is 2.24. The van der Waals surface area contributed by atoms with Crippen LogP contribution in [-0.2, 0) is 14.3 Å². The van der Waals surface area contributed by atoms with Crippen molar-refractivity contribution in [3.05, 3.63) is 68.7 Å². The predicted octanol–water partition coefficient (Wildman–Crippen LogP) is 3.39. The number of nitrogens with one attached hydrogen (secondary N) is 2. The molecule has 0 aliphatic heterocycles. The van der Waals surface area contributed by atoms with Gasteiger partial charge in [-0.3, -0.25) is 19.7 Å². The fraction of sp³-hybridized carbons (Fsp3) is 0.250. The van der Waals surface area contributed by atoms with Crippen LogP contribution in [0.5, 0.6) is 0 Å². The van der Waals surface area contributed by atoms with E-state index in [4.69, 9.17) is 4.74 Å². The molecule has 0 aromatic heterocycles. The minimum Gasteiger partial charge on any atom is -0.454 e. The maximum atomic E-state index is 12.5. The molecule has 0 heterocycles. The quantitative estimate of drug-likeness (QED) is 0.285. The third kappa shape index (κ3) is 8.02. The Balaban J connectivity index is 1.98. The number of nitro benzene ring substituents is 1. The zero-order valence-electron chi connectivity index (χ0n) is 16.5. The molecule has 9 nitrogen and oxygen atoms in total. The fourth-order valence-electron chi connectivity index (χ4n) is 2.49. The van der Waals surface area contributed by atoms with Crippen molar-refractivity contribution in [1.29, 1.82) is 0 Å². The summed E-state index contributed by atoms with van der Waals surface area (Å²) in [6.07, 6.45) is 2.12. The number of anilines is 1. The molecule has 164 valence electrons. The molecule has 2 rings (SSSR count). The second-order valence-electron chi connectivity index (χ2n) is 6.28. The first kappa shape index (κ1) is 24.4. The molecular weight excluding hydrogens is 490 g/mol. The van der Waals surface area contributed by atoms with Crippen molar-refractivity contribution < 1.29 is 24.0 Å². The minimum atomic E-state index is -1.00. The number of thioether (sulfide) groups is 1. The van der Waals surface area contributed by atoms with E-state index in [0.29, 0.717) is 11.4 Å². The summed E-state index contributed by atoms with van der Waals surface area (Å²) in [7, 11) is 0. The highest BCUT2D eigenvalue weighted by molar-refractivity contribution is 9.10. The molecule has 0 fully saturated rings. The van der Waals surface area contributed by atoms with Gasteiger partial charge in [0.1, 0.15) is 6.04 Å². The van der Waals surface area contributed by atoms with Crippen LogP contribution in [0.15, 0.2) is 53.0 Å². The first-order valence-corrected chi connectivity index (χ1v) is 11.2. The number of rotatable bonds is 10. The number of nitro groups is 1. The molecule has 0 saturated heterocycles. The summed E-state index contributed by atoms with van der Waals surface area (Å²) in [6, 6.07) is 11.1. The largest absolute Gasteiger partial charge is 0.454 e. The number of amides is 2. The van der Waals surface area contributed by atoms with Crippen LogP contribution < -0.4 is 10.6 Å². The van der Waals surface area contributed by atoms with Crippen LogP contribution in [0.25, 0.3) is 0 Å². The van der Waals surface area contributed by atoms with Gasteiger partial charge in [-0.2, -0.15) is 11.8 Å². The molecule has 0 bridgehead atoms. The number of ether oxygens (including phenoxy) is 1. The average Bonchev–Trinajstić information content (AvgIpc) is 2.74. The second kappa shape index (κ2) is 12.1. The van der Waals surface area contributed by atoms with Crippen molar-refractivity contribution in [2.45, 2.75) is 12.5 Å². The Morgan fingerprint density at radius 1 is 1.19 bits per heavy atom. The van der Waals surface area contributed by atoms with Crippen LogP contribution in [0.2, 0.25) is 0 Å². The normalized spacial score (nSPS) is 11.3. The number of hydrogen-bond acceptors (Lipinski definition) is 7. The molecule has 2 N–H and O–H groups in total. The van der Waals surface area contributed by atoms with Crippen LogP contribution in [0, 0.1) is 10.1 Å². The van der Waals surface area contributed by atoms with Crippen molar-refractivity contribution in [3.8, 4) is 0 Å². The zero-order valence-corrected chi connectivity index (χ0v) is 18.9. The summed E-state index contributed by atoms with van der Waals surface area (Å²) in [5.41, 5.74) is 0.344. The monoisotopic (exact) mass is 509 g/mol. The number of benzene rings is 2. The Morgan fingerprint density at radius 2 is 1.94 bits per heavy atom. The number of halogens is 1. The van der Waals surface area contributed by atoms with Crippen molar-refractivity contribution in [2.75, 3.05) is 23.9 Å². The number of carbonyl (C=O) groups is 3. The predicted molar refractivity (Wildman–Crippen MR) is 121 cm³/mol.